The third kappa shape index (κ3) is 3.27. The Hall–Kier alpha value is -1.000. The number of carbonyl (C=O) groups is 1. The summed E-state index contributed by atoms with van der Waals surface area (Å²) in [7, 11) is 1.98. The first kappa shape index (κ1) is 13.4. The molecule has 1 atom stereocenters. The number of benzene rings is 1. The van der Waals surface area contributed by atoms with E-state index in [-0.39, 0.29) is 11.2 Å². The van der Waals surface area contributed by atoms with E-state index in [4.69, 9.17) is 0 Å². The van der Waals surface area contributed by atoms with E-state index >= 15 is 0 Å². The van der Waals surface area contributed by atoms with Crippen LogP contribution in [0.2, 0.25) is 0 Å². The van der Waals surface area contributed by atoms with Crippen LogP contribution in [-0.2, 0) is 11.2 Å². The van der Waals surface area contributed by atoms with Crippen LogP contribution in [0.3, 0.4) is 0 Å². The molecular weight excluding hydrogens is 244 g/mol. The Morgan fingerprint density at radius 1 is 1.39 bits per heavy atom. The van der Waals surface area contributed by atoms with Crippen LogP contribution in [0.5, 0.6) is 0 Å². The van der Waals surface area contributed by atoms with Crippen molar-refractivity contribution in [2.45, 2.75) is 36.3 Å². The zero-order chi connectivity index (χ0) is 13.0. The lowest BCUT2D eigenvalue weighted by Gasteiger charge is -2.21. The molecule has 0 saturated carbocycles. The van der Waals surface area contributed by atoms with E-state index in [0.717, 1.165) is 18.7 Å². The number of anilines is 1. The molecule has 1 aromatic carbocycles. The molecule has 2 rings (SSSR count). The van der Waals surface area contributed by atoms with E-state index in [1.165, 1.54) is 23.3 Å². The zero-order valence-corrected chi connectivity index (χ0v) is 11.8. The van der Waals surface area contributed by atoms with Gasteiger partial charge in [-0.05, 0) is 57.5 Å². The minimum Gasteiger partial charge on any atom is -0.324 e. The normalized spacial score (nSPS) is 18.3. The third-order valence-electron chi connectivity index (χ3n) is 3.12. The highest BCUT2D eigenvalue weighted by molar-refractivity contribution is 8.00. The van der Waals surface area contributed by atoms with Gasteiger partial charge in [0, 0.05) is 4.90 Å². The minimum atomic E-state index is 0.0129. The van der Waals surface area contributed by atoms with Gasteiger partial charge in [-0.15, -0.1) is 11.8 Å². The van der Waals surface area contributed by atoms with Gasteiger partial charge in [0.15, 0.2) is 0 Å². The van der Waals surface area contributed by atoms with Crippen LogP contribution in [0.1, 0.15) is 25.3 Å². The number of thioether (sulfide) groups is 1. The molecule has 0 aromatic heterocycles. The van der Waals surface area contributed by atoms with E-state index in [9.17, 15) is 4.79 Å². The third-order valence-corrected chi connectivity index (χ3v) is 4.29. The summed E-state index contributed by atoms with van der Waals surface area (Å²) in [6.45, 7) is 3.00. The summed E-state index contributed by atoms with van der Waals surface area (Å²) in [6.07, 6.45) is 3.44. The van der Waals surface area contributed by atoms with Gasteiger partial charge in [0.05, 0.1) is 10.9 Å². The number of amides is 1. The second kappa shape index (κ2) is 6.25. The van der Waals surface area contributed by atoms with Gasteiger partial charge in [-0.1, -0.05) is 6.07 Å². The highest BCUT2D eigenvalue weighted by Gasteiger charge is 2.22. The van der Waals surface area contributed by atoms with Gasteiger partial charge in [-0.3, -0.25) is 4.79 Å². The molecule has 0 aliphatic carbocycles. The first-order valence-corrected chi connectivity index (χ1v) is 7.33. The summed E-state index contributed by atoms with van der Waals surface area (Å²) in [6, 6.07) is 6.42. The summed E-state index contributed by atoms with van der Waals surface area (Å²) in [5.41, 5.74) is 2.29. The Bertz CT molecular complexity index is 434. The quantitative estimate of drug-likeness (QED) is 0.803. The number of rotatable bonds is 5. The molecule has 0 bridgehead atoms. The molecule has 98 valence electrons. The van der Waals surface area contributed by atoms with Crippen molar-refractivity contribution < 1.29 is 4.79 Å². The Balaban J connectivity index is 1.99. The molecule has 1 amide bonds. The first-order chi connectivity index (χ1) is 8.70. The maximum Gasteiger partial charge on any atom is 0.237 e. The molecule has 2 N–H and O–H groups in total. The molecule has 1 heterocycles. The number of hydrogen-bond acceptors (Lipinski definition) is 3. The molecule has 0 saturated heterocycles. The summed E-state index contributed by atoms with van der Waals surface area (Å²) in [5.74, 6) is 0.111. The Kier molecular flexibility index (Phi) is 4.66. The van der Waals surface area contributed by atoms with Crippen LogP contribution < -0.4 is 10.6 Å². The molecular formula is C14H20N2OS. The van der Waals surface area contributed by atoms with E-state index in [2.05, 4.69) is 28.8 Å². The summed E-state index contributed by atoms with van der Waals surface area (Å²) in [4.78, 5) is 12.8. The van der Waals surface area contributed by atoms with Gasteiger partial charge in [-0.25, -0.2) is 0 Å². The highest BCUT2D eigenvalue weighted by Crippen LogP contribution is 2.36. The predicted octanol–water partition coefficient (Wildman–Crippen LogP) is 2.66. The van der Waals surface area contributed by atoms with Crippen LogP contribution >= 0.6 is 11.8 Å². The molecule has 0 spiro atoms. The average Bonchev–Trinajstić information content (AvgIpc) is 2.36. The van der Waals surface area contributed by atoms with E-state index in [0.29, 0.717) is 0 Å². The van der Waals surface area contributed by atoms with Crippen molar-refractivity contribution >= 4 is 23.4 Å². The SMILES string of the molecule is CNCCCCc1ccc2c(c1)NC(=O)C(C)S2. The Morgan fingerprint density at radius 3 is 3.00 bits per heavy atom. The fourth-order valence-corrected chi connectivity index (χ4v) is 2.97. The summed E-state index contributed by atoms with van der Waals surface area (Å²) >= 11 is 1.64. The van der Waals surface area contributed by atoms with Gasteiger partial charge < -0.3 is 10.6 Å². The molecule has 4 heteroatoms. The fourth-order valence-electron chi connectivity index (χ4n) is 2.04. The van der Waals surface area contributed by atoms with Crippen molar-refractivity contribution in [2.75, 3.05) is 18.9 Å². The lowest BCUT2D eigenvalue weighted by molar-refractivity contribution is -0.115. The number of unbranched alkanes of at least 4 members (excludes halogenated alkanes) is 1. The average molecular weight is 264 g/mol. The Morgan fingerprint density at radius 2 is 2.22 bits per heavy atom. The smallest absolute Gasteiger partial charge is 0.237 e. The number of carbonyl (C=O) groups excluding carboxylic acids is 1. The fraction of sp³-hybridized carbons (Fsp3) is 0.500. The van der Waals surface area contributed by atoms with E-state index in [1.807, 2.05) is 14.0 Å². The van der Waals surface area contributed by atoms with Gasteiger partial charge in [-0.2, -0.15) is 0 Å². The van der Waals surface area contributed by atoms with Crippen molar-refractivity contribution in [3.05, 3.63) is 23.8 Å². The van der Waals surface area contributed by atoms with Crippen LogP contribution in [0, 0.1) is 0 Å². The Labute approximate surface area is 113 Å². The van der Waals surface area contributed by atoms with E-state index < -0.39 is 0 Å². The molecule has 18 heavy (non-hydrogen) atoms. The standard InChI is InChI=1S/C14H20N2OS/c1-10-14(17)16-12-9-11(5-3-4-8-15-2)6-7-13(12)18-10/h6-7,9-10,15H,3-5,8H2,1-2H3,(H,16,17). The van der Waals surface area contributed by atoms with Crippen LogP contribution in [0.4, 0.5) is 5.69 Å². The van der Waals surface area contributed by atoms with Crippen molar-refractivity contribution in [3.8, 4) is 0 Å². The van der Waals surface area contributed by atoms with Crippen molar-refractivity contribution in [3.63, 3.8) is 0 Å². The topological polar surface area (TPSA) is 41.1 Å². The first-order valence-electron chi connectivity index (χ1n) is 6.46. The number of nitrogens with one attached hydrogen (secondary N) is 2. The van der Waals surface area contributed by atoms with Crippen molar-refractivity contribution in [1.29, 1.82) is 0 Å². The monoisotopic (exact) mass is 264 g/mol. The number of aryl methyl sites for hydroxylation is 1. The summed E-state index contributed by atoms with van der Waals surface area (Å²) < 4.78 is 0. The van der Waals surface area contributed by atoms with Crippen LogP contribution in [-0.4, -0.2) is 24.7 Å². The lowest BCUT2D eigenvalue weighted by atomic mass is 10.1. The molecule has 1 aliphatic heterocycles. The van der Waals surface area contributed by atoms with Gasteiger partial charge >= 0.3 is 0 Å². The molecule has 1 unspecified atom stereocenters. The number of hydrogen-bond donors (Lipinski definition) is 2. The minimum absolute atomic E-state index is 0.0129. The highest BCUT2D eigenvalue weighted by atomic mass is 32.2. The lowest BCUT2D eigenvalue weighted by Crippen LogP contribution is -2.26. The van der Waals surface area contributed by atoms with Gasteiger partial charge in [0.1, 0.15) is 0 Å². The maximum absolute atomic E-state index is 11.6. The van der Waals surface area contributed by atoms with Crippen LogP contribution in [0.15, 0.2) is 23.1 Å². The second-order valence-electron chi connectivity index (χ2n) is 4.64. The molecule has 1 aromatic rings. The van der Waals surface area contributed by atoms with Gasteiger partial charge in [0.2, 0.25) is 5.91 Å². The number of fused-ring (bicyclic) bond motifs is 1. The van der Waals surface area contributed by atoms with Crippen molar-refractivity contribution in [1.82, 2.24) is 5.32 Å². The van der Waals surface area contributed by atoms with Gasteiger partial charge in [0.25, 0.3) is 0 Å². The zero-order valence-electron chi connectivity index (χ0n) is 11.0. The van der Waals surface area contributed by atoms with E-state index in [1.54, 1.807) is 11.8 Å². The van der Waals surface area contributed by atoms with Crippen LogP contribution in [0.25, 0.3) is 0 Å². The predicted molar refractivity (Wildman–Crippen MR) is 77.3 cm³/mol. The molecule has 1 aliphatic rings. The molecule has 3 nitrogen and oxygen atoms in total. The summed E-state index contributed by atoms with van der Waals surface area (Å²) in [5, 5.41) is 6.15. The molecule has 0 radical (unpaired) electrons. The largest absolute Gasteiger partial charge is 0.324 e. The van der Waals surface area contributed by atoms with Crippen molar-refractivity contribution in [2.24, 2.45) is 0 Å². The second-order valence-corrected chi connectivity index (χ2v) is 6.02. The molecule has 0 fully saturated rings. The maximum atomic E-state index is 11.6.